The van der Waals surface area contributed by atoms with Crippen LogP contribution in [0.4, 0.5) is 5.69 Å². The summed E-state index contributed by atoms with van der Waals surface area (Å²) in [6, 6.07) is 7.45. The third-order valence-corrected chi connectivity index (χ3v) is 4.37. The van der Waals surface area contributed by atoms with Crippen LogP contribution in [-0.2, 0) is 18.4 Å². The highest BCUT2D eigenvalue weighted by atomic mass is 16.5. The van der Waals surface area contributed by atoms with Gasteiger partial charge in [-0.25, -0.2) is 4.98 Å². The van der Waals surface area contributed by atoms with Gasteiger partial charge >= 0.3 is 0 Å². The number of carbonyl (C=O) groups is 1. The summed E-state index contributed by atoms with van der Waals surface area (Å²) in [6.45, 7) is 2.53. The SMILES string of the molecule is Cn1ccnc1COc1ccc(NC(=O)CCC2CCNC2)cc1. The summed E-state index contributed by atoms with van der Waals surface area (Å²) in [6.07, 6.45) is 6.33. The maximum atomic E-state index is 12.0. The van der Waals surface area contributed by atoms with Crippen molar-refractivity contribution in [3.8, 4) is 5.75 Å². The molecule has 0 spiro atoms. The molecule has 3 rings (SSSR count). The predicted octanol–water partition coefficient (Wildman–Crippen LogP) is 2.33. The zero-order chi connectivity index (χ0) is 16.8. The number of ether oxygens (including phenoxy) is 1. The molecule has 1 aliphatic rings. The van der Waals surface area contributed by atoms with Gasteiger partial charge in [0.25, 0.3) is 0 Å². The van der Waals surface area contributed by atoms with E-state index in [2.05, 4.69) is 15.6 Å². The van der Waals surface area contributed by atoms with Crippen LogP contribution in [0, 0.1) is 5.92 Å². The van der Waals surface area contributed by atoms with Gasteiger partial charge in [0.2, 0.25) is 5.91 Å². The number of imidazole rings is 1. The van der Waals surface area contributed by atoms with Gasteiger partial charge in [-0.2, -0.15) is 0 Å². The minimum Gasteiger partial charge on any atom is -0.486 e. The van der Waals surface area contributed by atoms with Crippen LogP contribution in [0.15, 0.2) is 36.7 Å². The van der Waals surface area contributed by atoms with Gasteiger partial charge < -0.3 is 19.9 Å². The first kappa shape index (κ1) is 16.5. The van der Waals surface area contributed by atoms with Crippen LogP contribution in [0.5, 0.6) is 5.75 Å². The van der Waals surface area contributed by atoms with Crippen molar-refractivity contribution < 1.29 is 9.53 Å². The van der Waals surface area contributed by atoms with Crippen molar-refractivity contribution in [1.29, 1.82) is 0 Å². The number of amides is 1. The number of hydrogen-bond acceptors (Lipinski definition) is 4. The number of benzene rings is 1. The highest BCUT2D eigenvalue weighted by Crippen LogP contribution is 2.18. The van der Waals surface area contributed by atoms with Crippen molar-refractivity contribution >= 4 is 11.6 Å². The number of aromatic nitrogens is 2. The van der Waals surface area contributed by atoms with Crippen LogP contribution >= 0.6 is 0 Å². The Hall–Kier alpha value is -2.34. The van der Waals surface area contributed by atoms with E-state index in [-0.39, 0.29) is 5.91 Å². The Morgan fingerprint density at radius 1 is 1.42 bits per heavy atom. The topological polar surface area (TPSA) is 68.2 Å². The third-order valence-electron chi connectivity index (χ3n) is 4.37. The smallest absolute Gasteiger partial charge is 0.224 e. The second-order valence-electron chi connectivity index (χ2n) is 6.21. The largest absolute Gasteiger partial charge is 0.486 e. The van der Waals surface area contributed by atoms with Gasteiger partial charge in [-0.1, -0.05) is 0 Å². The number of aryl methyl sites for hydroxylation is 1. The third kappa shape index (κ3) is 4.58. The van der Waals surface area contributed by atoms with Crippen molar-refractivity contribution in [2.45, 2.75) is 25.9 Å². The first-order valence-corrected chi connectivity index (χ1v) is 8.40. The van der Waals surface area contributed by atoms with E-state index >= 15 is 0 Å². The molecule has 2 heterocycles. The van der Waals surface area contributed by atoms with Crippen molar-refractivity contribution in [2.75, 3.05) is 18.4 Å². The molecule has 0 saturated carbocycles. The quantitative estimate of drug-likeness (QED) is 0.818. The molecule has 2 aromatic rings. The van der Waals surface area contributed by atoms with Crippen LogP contribution in [0.2, 0.25) is 0 Å². The lowest BCUT2D eigenvalue weighted by Gasteiger charge is -2.10. The van der Waals surface area contributed by atoms with Crippen LogP contribution in [0.25, 0.3) is 0 Å². The molecule has 128 valence electrons. The fourth-order valence-corrected chi connectivity index (χ4v) is 2.84. The molecule has 1 atom stereocenters. The Labute approximate surface area is 142 Å². The maximum Gasteiger partial charge on any atom is 0.224 e. The van der Waals surface area contributed by atoms with Gasteiger partial charge in [0, 0.05) is 31.5 Å². The Kier molecular flexibility index (Phi) is 5.48. The number of hydrogen-bond donors (Lipinski definition) is 2. The first-order valence-electron chi connectivity index (χ1n) is 8.40. The van der Waals surface area contributed by atoms with E-state index in [0.717, 1.165) is 36.8 Å². The number of carbonyl (C=O) groups excluding carboxylic acids is 1. The van der Waals surface area contributed by atoms with E-state index < -0.39 is 0 Å². The summed E-state index contributed by atoms with van der Waals surface area (Å²) in [5.74, 6) is 2.34. The molecule has 1 fully saturated rings. The van der Waals surface area contributed by atoms with Gasteiger partial charge in [-0.3, -0.25) is 4.79 Å². The molecule has 1 unspecified atom stereocenters. The van der Waals surface area contributed by atoms with Crippen LogP contribution in [-0.4, -0.2) is 28.5 Å². The number of nitrogens with one attached hydrogen (secondary N) is 2. The average molecular weight is 328 g/mol. The van der Waals surface area contributed by atoms with Crippen LogP contribution in [0.1, 0.15) is 25.1 Å². The predicted molar refractivity (Wildman–Crippen MR) is 92.8 cm³/mol. The summed E-state index contributed by atoms with van der Waals surface area (Å²) >= 11 is 0. The molecule has 1 saturated heterocycles. The minimum atomic E-state index is 0.0728. The molecule has 2 N–H and O–H groups in total. The first-order chi connectivity index (χ1) is 11.7. The van der Waals surface area contributed by atoms with Gasteiger partial charge in [-0.15, -0.1) is 0 Å². The lowest BCUT2D eigenvalue weighted by atomic mass is 10.0. The summed E-state index contributed by atoms with van der Waals surface area (Å²) in [5, 5.41) is 6.27. The maximum absolute atomic E-state index is 12.0. The zero-order valence-electron chi connectivity index (χ0n) is 14.0. The van der Waals surface area contributed by atoms with E-state index in [1.165, 1.54) is 6.42 Å². The Bertz CT molecular complexity index is 660. The van der Waals surface area contributed by atoms with E-state index in [0.29, 0.717) is 18.9 Å². The average Bonchev–Trinajstić information content (AvgIpc) is 3.24. The summed E-state index contributed by atoms with van der Waals surface area (Å²) < 4.78 is 7.63. The molecular weight excluding hydrogens is 304 g/mol. The molecular formula is C18H24N4O2. The van der Waals surface area contributed by atoms with E-state index in [9.17, 15) is 4.79 Å². The molecule has 0 radical (unpaired) electrons. The normalized spacial score (nSPS) is 17.0. The molecule has 0 bridgehead atoms. The van der Waals surface area contributed by atoms with E-state index in [4.69, 9.17) is 4.74 Å². The summed E-state index contributed by atoms with van der Waals surface area (Å²) in [7, 11) is 1.94. The molecule has 0 aliphatic carbocycles. The Morgan fingerprint density at radius 2 is 2.25 bits per heavy atom. The number of rotatable bonds is 7. The monoisotopic (exact) mass is 328 g/mol. The lowest BCUT2D eigenvalue weighted by Crippen LogP contribution is -2.15. The molecule has 6 heteroatoms. The van der Waals surface area contributed by atoms with E-state index in [1.54, 1.807) is 6.20 Å². The molecule has 1 aromatic heterocycles. The van der Waals surface area contributed by atoms with Crippen molar-refractivity contribution in [1.82, 2.24) is 14.9 Å². The lowest BCUT2D eigenvalue weighted by molar-refractivity contribution is -0.116. The van der Waals surface area contributed by atoms with Crippen molar-refractivity contribution in [3.05, 3.63) is 42.5 Å². The molecule has 1 aromatic carbocycles. The fourth-order valence-electron chi connectivity index (χ4n) is 2.84. The molecule has 24 heavy (non-hydrogen) atoms. The fraction of sp³-hybridized carbons (Fsp3) is 0.444. The summed E-state index contributed by atoms with van der Waals surface area (Å²) in [4.78, 5) is 16.2. The standard InChI is InChI=1S/C18H24N4O2/c1-22-11-10-20-17(22)13-24-16-5-3-15(4-6-16)21-18(23)7-2-14-8-9-19-12-14/h3-6,10-11,14,19H,2,7-9,12-13H2,1H3,(H,21,23). The van der Waals surface area contributed by atoms with Gasteiger partial charge in [0.1, 0.15) is 18.2 Å². The summed E-state index contributed by atoms with van der Waals surface area (Å²) in [5.41, 5.74) is 0.800. The zero-order valence-corrected chi connectivity index (χ0v) is 14.0. The van der Waals surface area contributed by atoms with Gasteiger partial charge in [0.05, 0.1) is 0 Å². The highest BCUT2D eigenvalue weighted by Gasteiger charge is 2.15. The van der Waals surface area contributed by atoms with Gasteiger partial charge in [0.15, 0.2) is 0 Å². The number of nitrogens with zero attached hydrogens (tertiary/aromatic N) is 2. The number of anilines is 1. The molecule has 1 aliphatic heterocycles. The molecule has 1 amide bonds. The van der Waals surface area contributed by atoms with Crippen LogP contribution in [0.3, 0.4) is 0 Å². The second kappa shape index (κ2) is 7.97. The Balaban J connectivity index is 1.43. The van der Waals surface area contributed by atoms with E-state index in [1.807, 2.05) is 42.1 Å². The van der Waals surface area contributed by atoms with Crippen molar-refractivity contribution in [3.63, 3.8) is 0 Å². The second-order valence-corrected chi connectivity index (χ2v) is 6.21. The van der Waals surface area contributed by atoms with Gasteiger partial charge in [-0.05, 0) is 56.1 Å². The highest BCUT2D eigenvalue weighted by molar-refractivity contribution is 5.90. The minimum absolute atomic E-state index is 0.0728. The Morgan fingerprint density at radius 3 is 2.92 bits per heavy atom. The van der Waals surface area contributed by atoms with Crippen LogP contribution < -0.4 is 15.4 Å². The van der Waals surface area contributed by atoms with Crippen molar-refractivity contribution in [2.24, 2.45) is 13.0 Å². The molecule has 6 nitrogen and oxygen atoms in total.